The Hall–Kier alpha value is -3.09. The number of hydrogen-bond donors (Lipinski definition) is 1. The Morgan fingerprint density at radius 2 is 2.14 bits per heavy atom. The van der Waals surface area contributed by atoms with Crippen LogP contribution in [-0.2, 0) is 6.54 Å². The summed E-state index contributed by atoms with van der Waals surface area (Å²) in [6.45, 7) is 4.83. The lowest BCUT2D eigenvalue weighted by molar-refractivity contribution is 0.0694. The van der Waals surface area contributed by atoms with Crippen molar-refractivity contribution in [3.8, 4) is 22.5 Å². The van der Waals surface area contributed by atoms with Crippen molar-refractivity contribution in [2.75, 3.05) is 0 Å². The maximum Gasteiger partial charge on any atom is 0.341 e. The molecule has 0 saturated heterocycles. The zero-order valence-electron chi connectivity index (χ0n) is 15.8. The van der Waals surface area contributed by atoms with E-state index in [1.165, 1.54) is 12.3 Å². The number of carbonyl (C=O) groups is 1. The van der Waals surface area contributed by atoms with E-state index in [1.54, 1.807) is 12.5 Å². The summed E-state index contributed by atoms with van der Waals surface area (Å²) >= 11 is 0. The van der Waals surface area contributed by atoms with Gasteiger partial charge in [-0.25, -0.2) is 4.79 Å². The number of rotatable bonds is 4. The molecule has 7 heteroatoms. The van der Waals surface area contributed by atoms with Gasteiger partial charge in [0.25, 0.3) is 0 Å². The lowest BCUT2D eigenvalue weighted by Gasteiger charge is -2.32. The summed E-state index contributed by atoms with van der Waals surface area (Å²) < 4.78 is 9.27. The summed E-state index contributed by atoms with van der Waals surface area (Å²) in [5.74, 6) is -0.517. The number of hydrogen-bond acceptors (Lipinski definition) is 4. The third-order valence-corrected chi connectivity index (χ3v) is 5.79. The van der Waals surface area contributed by atoms with Gasteiger partial charge in [-0.2, -0.15) is 5.10 Å². The first-order valence-electron chi connectivity index (χ1n) is 9.58. The third-order valence-electron chi connectivity index (χ3n) is 5.79. The predicted molar refractivity (Wildman–Crippen MR) is 102 cm³/mol. The molecule has 0 bridgehead atoms. The smallest absolute Gasteiger partial charge is 0.341 e. The van der Waals surface area contributed by atoms with Gasteiger partial charge in [-0.15, -0.1) is 0 Å². The Morgan fingerprint density at radius 3 is 2.75 bits per heavy atom. The fourth-order valence-corrected chi connectivity index (χ4v) is 4.18. The number of nitrogens with zero attached hydrogens (tertiary/aromatic N) is 3. The summed E-state index contributed by atoms with van der Waals surface area (Å²) in [5, 5.41) is 14.4. The number of furan rings is 1. The molecule has 144 valence electrons. The maximum atomic E-state index is 12.5. The van der Waals surface area contributed by atoms with Crippen molar-refractivity contribution in [2.24, 2.45) is 5.92 Å². The fraction of sp³-hybridized carbons (Fsp3) is 0.381. The lowest BCUT2D eigenvalue weighted by Crippen LogP contribution is -2.31. The van der Waals surface area contributed by atoms with E-state index in [9.17, 15) is 14.7 Å². The van der Waals surface area contributed by atoms with E-state index in [-0.39, 0.29) is 17.5 Å². The van der Waals surface area contributed by atoms with Crippen LogP contribution in [0.3, 0.4) is 0 Å². The number of carboxylic acids is 1. The zero-order chi connectivity index (χ0) is 19.6. The van der Waals surface area contributed by atoms with Crippen LogP contribution in [0.25, 0.3) is 22.5 Å². The van der Waals surface area contributed by atoms with E-state index in [0.717, 1.165) is 41.1 Å². The van der Waals surface area contributed by atoms with Gasteiger partial charge in [0.05, 0.1) is 42.2 Å². The van der Waals surface area contributed by atoms with Crippen LogP contribution in [0.5, 0.6) is 0 Å². The molecule has 1 saturated carbocycles. The molecule has 0 aromatic carbocycles. The molecule has 28 heavy (non-hydrogen) atoms. The van der Waals surface area contributed by atoms with Crippen molar-refractivity contribution >= 4 is 5.97 Å². The van der Waals surface area contributed by atoms with E-state index >= 15 is 0 Å². The molecule has 0 unspecified atom stereocenters. The largest absolute Gasteiger partial charge is 0.477 e. The lowest BCUT2D eigenvalue weighted by atomic mass is 9.96. The zero-order valence-corrected chi connectivity index (χ0v) is 15.8. The first kappa shape index (κ1) is 17.0. The Bertz CT molecular complexity index is 1130. The highest BCUT2D eigenvalue weighted by atomic mass is 16.4. The molecule has 1 aliphatic carbocycles. The van der Waals surface area contributed by atoms with Gasteiger partial charge in [0.2, 0.25) is 0 Å². The SMILES string of the molecule is CC(C)[C@@H]1Cn2nc(C3CC3)c(-c3ccoc3)c2-c2cc(=O)c(C(=O)O)cn21. The second kappa shape index (κ2) is 5.95. The van der Waals surface area contributed by atoms with Gasteiger partial charge >= 0.3 is 5.97 Å². The van der Waals surface area contributed by atoms with Crippen molar-refractivity contribution in [3.63, 3.8) is 0 Å². The molecular weight excluding hydrogens is 358 g/mol. The quantitative estimate of drug-likeness (QED) is 0.745. The van der Waals surface area contributed by atoms with E-state index in [4.69, 9.17) is 9.52 Å². The van der Waals surface area contributed by atoms with Crippen LogP contribution in [0.4, 0.5) is 0 Å². The summed E-state index contributed by atoms with van der Waals surface area (Å²) in [4.78, 5) is 24.1. The number of fused-ring (bicyclic) bond motifs is 3. The number of pyridine rings is 1. The van der Waals surface area contributed by atoms with Gasteiger partial charge in [0.15, 0.2) is 5.43 Å². The number of aromatic carboxylic acids is 1. The molecule has 1 fully saturated rings. The number of aromatic nitrogens is 3. The van der Waals surface area contributed by atoms with Crippen LogP contribution in [0.2, 0.25) is 0 Å². The highest BCUT2D eigenvalue weighted by molar-refractivity contribution is 5.88. The number of carboxylic acid groups (broad SMARTS) is 1. The van der Waals surface area contributed by atoms with Crippen LogP contribution in [0.1, 0.15) is 54.7 Å². The Morgan fingerprint density at radius 1 is 1.36 bits per heavy atom. The standard InChI is InChI=1S/C21H21N3O4/c1-11(2)16-9-24-20(15-7-17(25)14(21(26)27)8-23(15)16)18(13-5-6-28-10-13)19(22-24)12-3-4-12/h5-8,10-12,16H,3-4,9H2,1-2H3,(H,26,27)/t16-/m0/s1. The van der Waals surface area contributed by atoms with Crippen molar-refractivity contribution in [3.05, 3.63) is 52.3 Å². The first-order chi connectivity index (χ1) is 13.5. The molecule has 1 aliphatic heterocycles. The minimum Gasteiger partial charge on any atom is -0.477 e. The highest BCUT2D eigenvalue weighted by Gasteiger charge is 2.37. The van der Waals surface area contributed by atoms with Crippen molar-refractivity contribution in [2.45, 2.75) is 45.2 Å². The van der Waals surface area contributed by atoms with E-state index in [2.05, 4.69) is 13.8 Å². The maximum absolute atomic E-state index is 12.5. The molecule has 3 aromatic rings. The Kier molecular flexibility index (Phi) is 3.62. The molecule has 4 heterocycles. The van der Waals surface area contributed by atoms with Crippen LogP contribution in [-0.4, -0.2) is 25.4 Å². The molecule has 5 rings (SSSR count). The second-order valence-electron chi connectivity index (χ2n) is 8.04. The minimum atomic E-state index is -1.20. The summed E-state index contributed by atoms with van der Waals surface area (Å²) in [7, 11) is 0. The van der Waals surface area contributed by atoms with Crippen LogP contribution < -0.4 is 5.43 Å². The Labute approximate surface area is 161 Å². The van der Waals surface area contributed by atoms with Gasteiger partial charge in [0.1, 0.15) is 5.56 Å². The Balaban J connectivity index is 1.82. The summed E-state index contributed by atoms with van der Waals surface area (Å²) in [6, 6.07) is 3.38. The summed E-state index contributed by atoms with van der Waals surface area (Å²) in [6.07, 6.45) is 7.05. The van der Waals surface area contributed by atoms with Gasteiger partial charge in [-0.05, 0) is 24.8 Å². The predicted octanol–water partition coefficient (Wildman–Crippen LogP) is 3.76. The first-order valence-corrected chi connectivity index (χ1v) is 9.58. The topological polar surface area (TPSA) is 90.3 Å². The molecule has 0 radical (unpaired) electrons. The molecule has 2 aliphatic rings. The normalized spacial score (nSPS) is 18.2. The second-order valence-corrected chi connectivity index (χ2v) is 8.04. The highest BCUT2D eigenvalue weighted by Crippen LogP contribution is 2.49. The molecular formula is C21H21N3O4. The molecule has 3 aromatic heterocycles. The van der Waals surface area contributed by atoms with Gasteiger partial charge < -0.3 is 14.1 Å². The van der Waals surface area contributed by atoms with Crippen molar-refractivity contribution in [1.29, 1.82) is 0 Å². The van der Waals surface area contributed by atoms with E-state index in [0.29, 0.717) is 12.5 Å². The third kappa shape index (κ3) is 2.46. The average Bonchev–Trinajstić information content (AvgIpc) is 3.21. The van der Waals surface area contributed by atoms with E-state index < -0.39 is 11.4 Å². The fourth-order valence-electron chi connectivity index (χ4n) is 4.18. The summed E-state index contributed by atoms with van der Waals surface area (Å²) in [5.41, 5.74) is 3.88. The molecule has 1 N–H and O–H groups in total. The van der Waals surface area contributed by atoms with Crippen LogP contribution >= 0.6 is 0 Å². The average molecular weight is 379 g/mol. The van der Waals surface area contributed by atoms with Crippen molar-refractivity contribution in [1.82, 2.24) is 14.3 Å². The van der Waals surface area contributed by atoms with E-state index in [1.807, 2.05) is 15.3 Å². The van der Waals surface area contributed by atoms with Gasteiger partial charge in [0, 0.05) is 29.3 Å². The minimum absolute atomic E-state index is 0.0188. The molecule has 1 atom stereocenters. The monoisotopic (exact) mass is 379 g/mol. The van der Waals surface area contributed by atoms with Gasteiger partial charge in [-0.1, -0.05) is 13.8 Å². The van der Waals surface area contributed by atoms with Crippen LogP contribution in [0.15, 0.2) is 40.1 Å². The molecule has 0 amide bonds. The van der Waals surface area contributed by atoms with Crippen LogP contribution in [0, 0.1) is 5.92 Å². The van der Waals surface area contributed by atoms with Gasteiger partial charge in [-0.3, -0.25) is 9.48 Å². The molecule has 7 nitrogen and oxygen atoms in total. The molecule has 0 spiro atoms. The van der Waals surface area contributed by atoms with Crippen molar-refractivity contribution < 1.29 is 14.3 Å².